The highest BCUT2D eigenvalue weighted by atomic mass is 16.7. The summed E-state index contributed by atoms with van der Waals surface area (Å²) in [6, 6.07) is 7.71. The zero-order valence-electron chi connectivity index (χ0n) is 26.5. The molecule has 2 aromatic rings. The van der Waals surface area contributed by atoms with Gasteiger partial charge >= 0.3 is 0 Å². The van der Waals surface area contributed by atoms with Gasteiger partial charge in [0.05, 0.1) is 32.1 Å². The van der Waals surface area contributed by atoms with Crippen LogP contribution in [-0.2, 0) is 32.6 Å². The molecule has 3 aliphatic rings. The molecule has 5 rings (SSSR count). The standard InChI is InChI=1S/C34H41N3O7/c1-22-26(30-31(36(22)3)28(38)19-27(32(30)39)37-16-14-35(2)15-17-37)21-44-34(43-7)20-24(18-29(41-5)33(34)42-6)9-8-23-10-12-25(40-4)13-11-23/h8-13,18-20,33H,14-17,21H2,1-7H3/b9-8-. The van der Waals surface area contributed by atoms with Crippen molar-refractivity contribution in [1.29, 1.82) is 0 Å². The van der Waals surface area contributed by atoms with Gasteiger partial charge in [0.15, 0.2) is 6.10 Å². The number of likely N-dealkylation sites (N-methyl/N-ethyl adjacent to an activating group) is 1. The van der Waals surface area contributed by atoms with E-state index in [1.54, 1.807) is 40.1 Å². The van der Waals surface area contributed by atoms with E-state index in [1.807, 2.05) is 60.4 Å². The lowest BCUT2D eigenvalue weighted by atomic mass is 9.93. The topological polar surface area (TPSA) is 91.7 Å². The summed E-state index contributed by atoms with van der Waals surface area (Å²) in [5, 5.41) is 0. The third kappa shape index (κ3) is 5.78. The molecule has 0 spiro atoms. The molecule has 234 valence electrons. The normalized spacial score (nSPS) is 22.6. The molecule has 0 saturated carbocycles. The Morgan fingerprint density at radius 1 is 0.932 bits per heavy atom. The van der Waals surface area contributed by atoms with Gasteiger partial charge < -0.3 is 38.1 Å². The highest BCUT2D eigenvalue weighted by Crippen LogP contribution is 2.37. The summed E-state index contributed by atoms with van der Waals surface area (Å²) in [5.41, 5.74) is 4.37. The van der Waals surface area contributed by atoms with Crippen LogP contribution in [0, 0.1) is 6.92 Å². The number of allylic oxidation sites excluding steroid dienone is 5. The maximum absolute atomic E-state index is 14.0. The molecular weight excluding hydrogens is 562 g/mol. The minimum atomic E-state index is -1.39. The molecule has 10 heteroatoms. The van der Waals surface area contributed by atoms with Gasteiger partial charge in [-0.1, -0.05) is 24.3 Å². The van der Waals surface area contributed by atoms with Gasteiger partial charge in [0.1, 0.15) is 17.2 Å². The lowest BCUT2D eigenvalue weighted by Crippen LogP contribution is -2.49. The molecule has 0 amide bonds. The van der Waals surface area contributed by atoms with E-state index in [-0.39, 0.29) is 18.2 Å². The van der Waals surface area contributed by atoms with Crippen molar-refractivity contribution in [1.82, 2.24) is 14.4 Å². The Balaban J connectivity index is 1.47. The maximum atomic E-state index is 14.0. The predicted molar refractivity (Wildman–Crippen MR) is 166 cm³/mol. The van der Waals surface area contributed by atoms with Crippen molar-refractivity contribution in [3.8, 4) is 5.75 Å². The molecule has 2 heterocycles. The first kappa shape index (κ1) is 31.5. The zero-order chi connectivity index (χ0) is 31.6. The minimum Gasteiger partial charge on any atom is -0.498 e. The summed E-state index contributed by atoms with van der Waals surface area (Å²) in [6.07, 6.45) is 8.38. The quantitative estimate of drug-likeness (QED) is 0.375. The molecule has 0 N–H and O–H groups in total. The van der Waals surface area contributed by atoms with Gasteiger partial charge in [0.2, 0.25) is 17.4 Å². The average molecular weight is 604 g/mol. The van der Waals surface area contributed by atoms with Crippen molar-refractivity contribution < 1.29 is 33.3 Å². The molecule has 1 fully saturated rings. The second kappa shape index (κ2) is 13.0. The second-order valence-electron chi connectivity index (χ2n) is 11.2. The van der Waals surface area contributed by atoms with Crippen LogP contribution >= 0.6 is 0 Å². The summed E-state index contributed by atoms with van der Waals surface area (Å²) in [6.45, 7) is 4.89. The van der Waals surface area contributed by atoms with Crippen LogP contribution in [0.3, 0.4) is 0 Å². The number of hydrogen-bond acceptors (Lipinski definition) is 9. The van der Waals surface area contributed by atoms with E-state index >= 15 is 0 Å². The van der Waals surface area contributed by atoms with Crippen molar-refractivity contribution in [2.45, 2.75) is 25.4 Å². The largest absolute Gasteiger partial charge is 0.498 e. The molecule has 1 saturated heterocycles. The van der Waals surface area contributed by atoms with Crippen LogP contribution in [-0.4, -0.2) is 99.5 Å². The Labute approximate surface area is 258 Å². The van der Waals surface area contributed by atoms with Crippen molar-refractivity contribution >= 4 is 17.6 Å². The number of fused-ring (bicyclic) bond motifs is 1. The first-order valence-electron chi connectivity index (χ1n) is 14.6. The first-order valence-corrected chi connectivity index (χ1v) is 14.6. The molecule has 2 unspecified atom stereocenters. The fourth-order valence-corrected chi connectivity index (χ4v) is 6.00. The van der Waals surface area contributed by atoms with Gasteiger partial charge in [-0.05, 0) is 49.4 Å². The van der Waals surface area contributed by atoms with Crippen LogP contribution in [0.1, 0.15) is 37.7 Å². The fraction of sp³-hybridized carbons (Fsp3) is 0.412. The van der Waals surface area contributed by atoms with E-state index in [0.717, 1.165) is 35.7 Å². The summed E-state index contributed by atoms with van der Waals surface area (Å²) < 4.78 is 31.2. The number of nitrogens with zero attached hydrogens (tertiary/aromatic N) is 3. The summed E-state index contributed by atoms with van der Waals surface area (Å²) in [5.74, 6) is -0.443. The molecular formula is C34H41N3O7. The maximum Gasteiger partial charge on any atom is 0.223 e. The van der Waals surface area contributed by atoms with E-state index in [9.17, 15) is 9.59 Å². The number of piperazine rings is 1. The molecule has 44 heavy (non-hydrogen) atoms. The van der Waals surface area contributed by atoms with Gasteiger partial charge in [0, 0.05) is 64.8 Å². The average Bonchev–Trinajstić information content (AvgIpc) is 3.30. The molecule has 0 bridgehead atoms. The molecule has 1 aromatic carbocycles. The Morgan fingerprint density at radius 3 is 2.25 bits per heavy atom. The SMILES string of the molecule is COC1=CC(/C=C\c2ccc(OC)cc2)=CC(OC)(OCc2c3c(n(C)c2C)C(=O)C=C(N2CCN(C)CC2)C3=O)C1OC. The van der Waals surface area contributed by atoms with Gasteiger partial charge in [0.25, 0.3) is 0 Å². The van der Waals surface area contributed by atoms with E-state index < -0.39 is 11.9 Å². The van der Waals surface area contributed by atoms with Gasteiger partial charge in [-0.25, -0.2) is 0 Å². The first-order chi connectivity index (χ1) is 21.2. The Kier molecular flexibility index (Phi) is 9.26. The van der Waals surface area contributed by atoms with Crippen LogP contribution in [0.25, 0.3) is 6.08 Å². The summed E-state index contributed by atoms with van der Waals surface area (Å²) in [7, 11) is 10.2. The lowest BCUT2D eigenvalue weighted by molar-refractivity contribution is -0.250. The van der Waals surface area contributed by atoms with Crippen LogP contribution in [0.4, 0.5) is 0 Å². The van der Waals surface area contributed by atoms with Crippen LogP contribution in [0.15, 0.2) is 65.6 Å². The smallest absolute Gasteiger partial charge is 0.223 e. The third-order valence-electron chi connectivity index (χ3n) is 8.74. The van der Waals surface area contributed by atoms with Crippen LogP contribution in [0.2, 0.25) is 0 Å². The van der Waals surface area contributed by atoms with E-state index in [2.05, 4.69) is 11.9 Å². The second-order valence-corrected chi connectivity index (χ2v) is 11.2. The Hall–Kier alpha value is -3.96. The number of carbonyl (C=O) groups is 2. The third-order valence-corrected chi connectivity index (χ3v) is 8.74. The zero-order valence-corrected chi connectivity index (χ0v) is 26.5. The molecule has 0 radical (unpaired) electrons. The van der Waals surface area contributed by atoms with Gasteiger partial charge in [-0.2, -0.15) is 0 Å². The van der Waals surface area contributed by atoms with Gasteiger partial charge in [-0.15, -0.1) is 0 Å². The number of benzene rings is 1. The highest BCUT2D eigenvalue weighted by Gasteiger charge is 2.46. The number of ether oxygens (including phenoxy) is 5. The van der Waals surface area contributed by atoms with Gasteiger partial charge in [-0.3, -0.25) is 9.59 Å². The molecule has 10 nitrogen and oxygen atoms in total. The predicted octanol–water partition coefficient (Wildman–Crippen LogP) is 3.91. The van der Waals surface area contributed by atoms with Crippen LogP contribution in [0.5, 0.6) is 5.75 Å². The van der Waals surface area contributed by atoms with E-state index in [0.29, 0.717) is 41.4 Å². The van der Waals surface area contributed by atoms with E-state index in [1.165, 1.54) is 6.08 Å². The van der Waals surface area contributed by atoms with Crippen molar-refractivity contribution in [2.75, 3.05) is 61.7 Å². The number of hydrogen-bond donors (Lipinski definition) is 0. The molecule has 1 aromatic heterocycles. The van der Waals surface area contributed by atoms with Crippen molar-refractivity contribution in [3.05, 3.63) is 93.7 Å². The lowest BCUT2D eigenvalue weighted by Gasteiger charge is -2.39. The van der Waals surface area contributed by atoms with Crippen molar-refractivity contribution in [3.63, 3.8) is 0 Å². The highest BCUT2D eigenvalue weighted by molar-refractivity contribution is 6.24. The number of rotatable bonds is 10. The number of aromatic nitrogens is 1. The monoisotopic (exact) mass is 603 g/mol. The molecule has 1 aliphatic heterocycles. The molecule has 2 aliphatic carbocycles. The van der Waals surface area contributed by atoms with E-state index in [4.69, 9.17) is 23.7 Å². The Morgan fingerprint density at radius 2 is 1.64 bits per heavy atom. The molecule has 2 atom stereocenters. The minimum absolute atomic E-state index is 0.000707. The summed E-state index contributed by atoms with van der Waals surface area (Å²) in [4.78, 5) is 31.6. The summed E-state index contributed by atoms with van der Waals surface area (Å²) >= 11 is 0. The fourth-order valence-electron chi connectivity index (χ4n) is 6.00. The number of Topliss-reactive ketones (excluding diaryl/α,β-unsaturated/α-hetero) is 1. The Bertz CT molecular complexity index is 1540. The number of methoxy groups -OCH3 is 4. The number of ketones is 2. The van der Waals surface area contributed by atoms with Crippen molar-refractivity contribution in [2.24, 2.45) is 7.05 Å². The number of carbonyl (C=O) groups excluding carboxylic acids is 2. The van der Waals surface area contributed by atoms with Crippen LogP contribution < -0.4 is 4.74 Å².